The molecule has 1 saturated carbocycles. The molecular formula is C18H28. The van der Waals surface area contributed by atoms with E-state index in [0.29, 0.717) is 5.41 Å². The first kappa shape index (κ1) is 13.6. The van der Waals surface area contributed by atoms with Gasteiger partial charge in [0.25, 0.3) is 0 Å². The van der Waals surface area contributed by atoms with Gasteiger partial charge in [-0.05, 0) is 47.6 Å². The van der Waals surface area contributed by atoms with E-state index >= 15 is 0 Å². The van der Waals surface area contributed by atoms with E-state index in [4.69, 9.17) is 0 Å². The second-order valence-electron chi connectivity index (χ2n) is 6.96. The molecule has 0 bridgehead atoms. The molecule has 0 amide bonds. The predicted octanol–water partition coefficient (Wildman–Crippen LogP) is 5.57. The molecule has 0 aliphatic heterocycles. The van der Waals surface area contributed by atoms with Crippen LogP contribution < -0.4 is 0 Å². The quantitative estimate of drug-likeness (QED) is 0.638. The fourth-order valence-corrected chi connectivity index (χ4v) is 3.57. The maximum absolute atomic E-state index is 2.41. The Labute approximate surface area is 113 Å². The molecule has 2 atom stereocenters. The molecular weight excluding hydrogens is 216 g/mol. The van der Waals surface area contributed by atoms with Gasteiger partial charge in [-0.25, -0.2) is 0 Å². The Bertz CT molecular complexity index is 366. The van der Waals surface area contributed by atoms with Crippen LogP contribution in [0.1, 0.15) is 70.4 Å². The summed E-state index contributed by atoms with van der Waals surface area (Å²) in [6, 6.07) is 9.41. The Kier molecular flexibility index (Phi) is 4.14. The van der Waals surface area contributed by atoms with Gasteiger partial charge in [-0.1, -0.05) is 64.8 Å². The Morgan fingerprint density at radius 2 is 1.61 bits per heavy atom. The molecule has 2 rings (SSSR count). The summed E-state index contributed by atoms with van der Waals surface area (Å²) in [4.78, 5) is 0. The molecule has 1 aromatic rings. The van der Waals surface area contributed by atoms with E-state index in [-0.39, 0.29) is 0 Å². The number of benzene rings is 1. The van der Waals surface area contributed by atoms with Gasteiger partial charge in [0.15, 0.2) is 0 Å². The lowest BCUT2D eigenvalue weighted by Crippen LogP contribution is -2.29. The Morgan fingerprint density at radius 3 is 2.17 bits per heavy atom. The lowest BCUT2D eigenvalue weighted by molar-refractivity contribution is 0.151. The Morgan fingerprint density at radius 1 is 1.00 bits per heavy atom. The molecule has 2 unspecified atom stereocenters. The molecule has 1 fully saturated rings. The highest BCUT2D eigenvalue weighted by atomic mass is 14.4. The third-order valence-electron chi connectivity index (χ3n) is 4.69. The van der Waals surface area contributed by atoms with E-state index < -0.39 is 0 Å². The molecule has 0 saturated heterocycles. The van der Waals surface area contributed by atoms with E-state index in [1.165, 1.54) is 31.2 Å². The van der Waals surface area contributed by atoms with Crippen LogP contribution in [0.3, 0.4) is 0 Å². The number of aryl methyl sites for hydroxylation is 1. The van der Waals surface area contributed by atoms with Gasteiger partial charge in [-0.2, -0.15) is 0 Å². The number of hydrogen-bond donors (Lipinski definition) is 0. The fraction of sp³-hybridized carbons (Fsp3) is 0.667. The van der Waals surface area contributed by atoms with Crippen LogP contribution in [0.25, 0.3) is 0 Å². The van der Waals surface area contributed by atoms with Crippen molar-refractivity contribution >= 4 is 0 Å². The number of hydrogen-bond acceptors (Lipinski definition) is 0. The van der Waals surface area contributed by atoms with Crippen molar-refractivity contribution in [3.05, 3.63) is 35.4 Å². The average Bonchev–Trinajstić information content (AvgIpc) is 2.38. The van der Waals surface area contributed by atoms with E-state index in [1.54, 1.807) is 5.56 Å². The van der Waals surface area contributed by atoms with Crippen molar-refractivity contribution in [2.24, 2.45) is 11.3 Å². The van der Waals surface area contributed by atoms with Crippen molar-refractivity contribution in [1.82, 2.24) is 0 Å². The van der Waals surface area contributed by atoms with Crippen LogP contribution in [0, 0.1) is 11.3 Å². The highest BCUT2D eigenvalue weighted by Gasteiger charge is 2.34. The maximum atomic E-state index is 2.41. The summed E-state index contributed by atoms with van der Waals surface area (Å²) in [5, 5.41) is 0. The molecule has 0 heteroatoms. The first-order valence-electron chi connectivity index (χ1n) is 7.61. The molecule has 100 valence electrons. The van der Waals surface area contributed by atoms with Crippen molar-refractivity contribution in [2.75, 3.05) is 0 Å². The second kappa shape index (κ2) is 5.47. The minimum absolute atomic E-state index is 0.439. The van der Waals surface area contributed by atoms with Crippen molar-refractivity contribution in [2.45, 2.75) is 65.7 Å². The van der Waals surface area contributed by atoms with Crippen LogP contribution in [-0.2, 0) is 6.42 Å². The van der Waals surface area contributed by atoms with Gasteiger partial charge in [0, 0.05) is 0 Å². The summed E-state index contributed by atoms with van der Waals surface area (Å²) in [6.07, 6.45) is 6.77. The zero-order valence-electron chi connectivity index (χ0n) is 12.5. The molecule has 1 aromatic carbocycles. The molecule has 0 N–H and O–H groups in total. The fourth-order valence-electron chi connectivity index (χ4n) is 3.57. The van der Waals surface area contributed by atoms with Gasteiger partial charge in [0.2, 0.25) is 0 Å². The molecule has 0 aromatic heterocycles. The first-order valence-corrected chi connectivity index (χ1v) is 7.61. The summed E-state index contributed by atoms with van der Waals surface area (Å²) >= 11 is 0. The Hall–Kier alpha value is -0.780. The minimum Gasteiger partial charge on any atom is -0.0613 e. The zero-order valence-corrected chi connectivity index (χ0v) is 12.5. The minimum atomic E-state index is 0.439. The third-order valence-corrected chi connectivity index (χ3v) is 4.69. The lowest BCUT2D eigenvalue weighted by Gasteiger charge is -2.41. The van der Waals surface area contributed by atoms with Gasteiger partial charge in [0.1, 0.15) is 0 Å². The molecule has 0 radical (unpaired) electrons. The van der Waals surface area contributed by atoms with E-state index in [9.17, 15) is 0 Å². The normalized spacial score (nSPS) is 25.1. The maximum Gasteiger partial charge on any atom is -0.0129 e. The molecule has 0 heterocycles. The molecule has 18 heavy (non-hydrogen) atoms. The monoisotopic (exact) mass is 244 g/mol. The van der Waals surface area contributed by atoms with Crippen LogP contribution in [0.5, 0.6) is 0 Å². The van der Waals surface area contributed by atoms with Gasteiger partial charge >= 0.3 is 0 Å². The smallest absolute Gasteiger partial charge is 0.0129 e. The van der Waals surface area contributed by atoms with Crippen molar-refractivity contribution in [3.8, 4) is 0 Å². The highest BCUT2D eigenvalue weighted by Crippen LogP contribution is 2.46. The average molecular weight is 244 g/mol. The largest absolute Gasteiger partial charge is 0.0613 e. The van der Waals surface area contributed by atoms with Gasteiger partial charge < -0.3 is 0 Å². The van der Waals surface area contributed by atoms with E-state index in [0.717, 1.165) is 18.3 Å². The SMILES string of the molecule is CCc1ccc(C2CCCCC2C(C)(C)C)cc1. The zero-order chi connectivity index (χ0) is 13.2. The van der Waals surface area contributed by atoms with Crippen LogP contribution in [0.15, 0.2) is 24.3 Å². The summed E-state index contributed by atoms with van der Waals surface area (Å²) in [5.41, 5.74) is 3.47. The van der Waals surface area contributed by atoms with Gasteiger partial charge in [0.05, 0.1) is 0 Å². The van der Waals surface area contributed by atoms with Gasteiger partial charge in [-0.3, -0.25) is 0 Å². The van der Waals surface area contributed by atoms with E-state index in [2.05, 4.69) is 52.0 Å². The number of rotatable bonds is 2. The van der Waals surface area contributed by atoms with Gasteiger partial charge in [-0.15, -0.1) is 0 Å². The summed E-state index contributed by atoms with van der Waals surface area (Å²) in [7, 11) is 0. The van der Waals surface area contributed by atoms with E-state index in [1.807, 2.05) is 0 Å². The van der Waals surface area contributed by atoms with Crippen LogP contribution >= 0.6 is 0 Å². The molecule has 1 aliphatic rings. The second-order valence-corrected chi connectivity index (χ2v) is 6.96. The topological polar surface area (TPSA) is 0 Å². The van der Waals surface area contributed by atoms with Crippen molar-refractivity contribution in [3.63, 3.8) is 0 Å². The summed E-state index contributed by atoms with van der Waals surface area (Å²) in [6.45, 7) is 9.47. The molecule has 1 aliphatic carbocycles. The highest BCUT2D eigenvalue weighted by molar-refractivity contribution is 5.26. The first-order chi connectivity index (χ1) is 8.52. The molecule has 0 spiro atoms. The standard InChI is InChI=1S/C18H28/c1-5-14-10-12-15(13-11-14)16-8-6-7-9-17(16)18(2,3)4/h10-13,16-17H,5-9H2,1-4H3. The summed E-state index contributed by atoms with van der Waals surface area (Å²) in [5.74, 6) is 1.63. The third kappa shape index (κ3) is 2.96. The van der Waals surface area contributed by atoms with Crippen LogP contribution in [0.2, 0.25) is 0 Å². The molecule has 0 nitrogen and oxygen atoms in total. The van der Waals surface area contributed by atoms with Crippen LogP contribution in [-0.4, -0.2) is 0 Å². The predicted molar refractivity (Wildman–Crippen MR) is 80.0 cm³/mol. The lowest BCUT2D eigenvalue weighted by atomic mass is 9.64. The Balaban J connectivity index is 2.22. The van der Waals surface area contributed by atoms with Crippen LogP contribution in [0.4, 0.5) is 0 Å². The summed E-state index contributed by atoms with van der Waals surface area (Å²) < 4.78 is 0. The van der Waals surface area contributed by atoms with Crippen molar-refractivity contribution in [1.29, 1.82) is 0 Å². The van der Waals surface area contributed by atoms with Crippen molar-refractivity contribution < 1.29 is 0 Å².